The number of esters is 1. The van der Waals surface area contributed by atoms with E-state index in [1.165, 1.54) is 32.1 Å². The van der Waals surface area contributed by atoms with Crippen LogP contribution in [0.4, 0.5) is 0 Å². The van der Waals surface area contributed by atoms with Gasteiger partial charge in [-0.15, -0.1) is 0 Å². The van der Waals surface area contributed by atoms with Crippen molar-refractivity contribution in [1.29, 1.82) is 0 Å². The van der Waals surface area contributed by atoms with E-state index in [4.69, 9.17) is 4.74 Å². The van der Waals surface area contributed by atoms with E-state index in [9.17, 15) is 9.90 Å². The topological polar surface area (TPSA) is 58.6 Å². The summed E-state index contributed by atoms with van der Waals surface area (Å²) >= 11 is 0. The predicted octanol–water partition coefficient (Wildman–Crippen LogP) is 1.86. The third-order valence-electron chi connectivity index (χ3n) is 4.00. The standard InChI is InChI=1S/C14H27NO3/c1-3-14(7-5-6-8-14)11-15-10-12(16)9-13(17)18-4-2/h12,15-16H,3-11H2,1-2H3. The van der Waals surface area contributed by atoms with Gasteiger partial charge in [-0.3, -0.25) is 4.79 Å². The quantitative estimate of drug-likeness (QED) is 0.652. The van der Waals surface area contributed by atoms with E-state index in [1.54, 1.807) is 6.92 Å². The highest BCUT2D eigenvalue weighted by Gasteiger charge is 2.31. The second-order valence-corrected chi connectivity index (χ2v) is 5.35. The Morgan fingerprint density at radius 1 is 1.39 bits per heavy atom. The number of ether oxygens (including phenoxy) is 1. The Morgan fingerprint density at radius 3 is 2.61 bits per heavy atom. The number of aliphatic hydroxyl groups excluding tert-OH is 1. The molecule has 0 bridgehead atoms. The van der Waals surface area contributed by atoms with Crippen LogP contribution in [0.15, 0.2) is 0 Å². The lowest BCUT2D eigenvalue weighted by Crippen LogP contribution is -2.37. The smallest absolute Gasteiger partial charge is 0.308 e. The molecule has 1 aliphatic carbocycles. The van der Waals surface area contributed by atoms with Crippen molar-refractivity contribution in [2.75, 3.05) is 19.7 Å². The highest BCUT2D eigenvalue weighted by molar-refractivity contribution is 5.69. The fourth-order valence-electron chi connectivity index (χ4n) is 2.77. The fraction of sp³-hybridized carbons (Fsp3) is 0.929. The highest BCUT2D eigenvalue weighted by atomic mass is 16.5. The first-order chi connectivity index (χ1) is 8.62. The number of rotatable bonds is 8. The molecule has 0 spiro atoms. The maximum absolute atomic E-state index is 11.2. The maximum Gasteiger partial charge on any atom is 0.308 e. The summed E-state index contributed by atoms with van der Waals surface area (Å²) in [6, 6.07) is 0. The summed E-state index contributed by atoms with van der Waals surface area (Å²) in [4.78, 5) is 11.2. The first-order valence-electron chi connectivity index (χ1n) is 7.16. The van der Waals surface area contributed by atoms with Gasteiger partial charge in [0.15, 0.2) is 0 Å². The molecule has 1 unspecified atom stereocenters. The van der Waals surface area contributed by atoms with E-state index in [2.05, 4.69) is 12.2 Å². The lowest BCUT2D eigenvalue weighted by molar-refractivity contribution is -0.145. The number of carbonyl (C=O) groups is 1. The van der Waals surface area contributed by atoms with Crippen molar-refractivity contribution in [3.05, 3.63) is 0 Å². The van der Waals surface area contributed by atoms with Gasteiger partial charge in [-0.1, -0.05) is 19.8 Å². The van der Waals surface area contributed by atoms with Crippen LogP contribution in [0.3, 0.4) is 0 Å². The lowest BCUT2D eigenvalue weighted by Gasteiger charge is -2.28. The van der Waals surface area contributed by atoms with Gasteiger partial charge in [0.25, 0.3) is 0 Å². The minimum Gasteiger partial charge on any atom is -0.466 e. The Morgan fingerprint density at radius 2 is 2.06 bits per heavy atom. The molecule has 1 saturated carbocycles. The molecule has 1 aliphatic rings. The molecule has 0 aromatic heterocycles. The van der Waals surface area contributed by atoms with Crippen molar-refractivity contribution in [3.8, 4) is 0 Å². The zero-order valence-electron chi connectivity index (χ0n) is 11.7. The van der Waals surface area contributed by atoms with Crippen LogP contribution in [0.2, 0.25) is 0 Å². The first kappa shape index (κ1) is 15.4. The molecule has 1 fully saturated rings. The van der Waals surface area contributed by atoms with Crippen LogP contribution in [-0.2, 0) is 9.53 Å². The molecule has 1 atom stereocenters. The molecule has 0 aromatic carbocycles. The number of carbonyl (C=O) groups excluding carboxylic acids is 1. The Kier molecular flexibility index (Phi) is 6.65. The highest BCUT2D eigenvalue weighted by Crippen LogP contribution is 2.40. The summed E-state index contributed by atoms with van der Waals surface area (Å²) < 4.78 is 4.81. The Labute approximate surface area is 110 Å². The van der Waals surface area contributed by atoms with Crippen LogP contribution in [0.1, 0.15) is 52.4 Å². The minimum absolute atomic E-state index is 0.0833. The SMILES string of the molecule is CCOC(=O)CC(O)CNCC1(CC)CCCC1. The zero-order valence-corrected chi connectivity index (χ0v) is 11.7. The summed E-state index contributed by atoms with van der Waals surface area (Å²) in [7, 11) is 0. The number of hydrogen-bond donors (Lipinski definition) is 2. The molecular formula is C14H27NO3. The summed E-state index contributed by atoms with van der Waals surface area (Å²) in [5.74, 6) is -0.321. The fourth-order valence-corrected chi connectivity index (χ4v) is 2.77. The van der Waals surface area contributed by atoms with E-state index in [-0.39, 0.29) is 12.4 Å². The molecule has 0 amide bonds. The van der Waals surface area contributed by atoms with Crippen LogP contribution >= 0.6 is 0 Å². The summed E-state index contributed by atoms with van der Waals surface area (Å²) in [6.45, 7) is 5.80. The van der Waals surface area contributed by atoms with Crippen LogP contribution in [0.25, 0.3) is 0 Å². The molecule has 4 nitrogen and oxygen atoms in total. The predicted molar refractivity (Wildman–Crippen MR) is 71.3 cm³/mol. The molecule has 106 valence electrons. The molecule has 4 heteroatoms. The Hall–Kier alpha value is -0.610. The Bertz CT molecular complexity index is 249. The number of hydrogen-bond acceptors (Lipinski definition) is 4. The lowest BCUT2D eigenvalue weighted by atomic mass is 9.83. The minimum atomic E-state index is -0.639. The largest absolute Gasteiger partial charge is 0.466 e. The second-order valence-electron chi connectivity index (χ2n) is 5.35. The molecule has 0 saturated heterocycles. The van der Waals surface area contributed by atoms with Gasteiger partial charge in [0.1, 0.15) is 0 Å². The van der Waals surface area contributed by atoms with E-state index >= 15 is 0 Å². The summed E-state index contributed by atoms with van der Waals surface area (Å²) in [5, 5.41) is 13.0. The molecule has 0 aromatic rings. The van der Waals surface area contributed by atoms with Gasteiger partial charge < -0.3 is 15.2 Å². The van der Waals surface area contributed by atoms with Gasteiger partial charge in [0, 0.05) is 13.1 Å². The van der Waals surface area contributed by atoms with Crippen LogP contribution < -0.4 is 5.32 Å². The van der Waals surface area contributed by atoms with Gasteiger partial charge in [-0.05, 0) is 31.6 Å². The van der Waals surface area contributed by atoms with E-state index in [1.807, 2.05) is 0 Å². The molecule has 18 heavy (non-hydrogen) atoms. The third kappa shape index (κ3) is 4.94. The third-order valence-corrected chi connectivity index (χ3v) is 4.00. The molecule has 0 heterocycles. The second kappa shape index (κ2) is 7.74. The number of aliphatic hydroxyl groups is 1. The van der Waals surface area contributed by atoms with Crippen molar-refractivity contribution in [2.24, 2.45) is 5.41 Å². The monoisotopic (exact) mass is 257 g/mol. The summed E-state index contributed by atoms with van der Waals surface area (Å²) in [5.41, 5.74) is 0.420. The molecule has 1 rings (SSSR count). The van der Waals surface area contributed by atoms with Gasteiger partial charge in [-0.2, -0.15) is 0 Å². The van der Waals surface area contributed by atoms with Crippen molar-refractivity contribution >= 4 is 5.97 Å². The molecular weight excluding hydrogens is 230 g/mol. The van der Waals surface area contributed by atoms with Crippen LogP contribution in [0.5, 0.6) is 0 Å². The van der Waals surface area contributed by atoms with Gasteiger partial charge in [0.05, 0.1) is 19.1 Å². The number of nitrogens with one attached hydrogen (secondary N) is 1. The Balaban J connectivity index is 2.18. The van der Waals surface area contributed by atoms with Crippen molar-refractivity contribution < 1.29 is 14.6 Å². The maximum atomic E-state index is 11.2. The van der Waals surface area contributed by atoms with Crippen molar-refractivity contribution in [1.82, 2.24) is 5.32 Å². The molecule has 0 aliphatic heterocycles. The average molecular weight is 257 g/mol. The average Bonchev–Trinajstić information content (AvgIpc) is 2.78. The molecule has 2 N–H and O–H groups in total. The van der Waals surface area contributed by atoms with Gasteiger partial charge in [0.2, 0.25) is 0 Å². The van der Waals surface area contributed by atoms with E-state index in [0.29, 0.717) is 18.6 Å². The van der Waals surface area contributed by atoms with Crippen molar-refractivity contribution in [3.63, 3.8) is 0 Å². The first-order valence-corrected chi connectivity index (χ1v) is 7.16. The van der Waals surface area contributed by atoms with Crippen molar-refractivity contribution in [2.45, 2.75) is 58.5 Å². The van der Waals surface area contributed by atoms with E-state index in [0.717, 1.165) is 6.54 Å². The van der Waals surface area contributed by atoms with Crippen LogP contribution in [0, 0.1) is 5.41 Å². The van der Waals surface area contributed by atoms with Gasteiger partial charge >= 0.3 is 5.97 Å². The van der Waals surface area contributed by atoms with Crippen LogP contribution in [-0.4, -0.2) is 36.9 Å². The normalized spacial score (nSPS) is 19.7. The summed E-state index contributed by atoms with van der Waals surface area (Å²) in [6.07, 6.45) is 5.84. The zero-order chi connectivity index (χ0) is 13.4. The van der Waals surface area contributed by atoms with Gasteiger partial charge in [-0.25, -0.2) is 0 Å². The molecule has 0 radical (unpaired) electrons. The van der Waals surface area contributed by atoms with E-state index < -0.39 is 6.10 Å².